The van der Waals surface area contributed by atoms with Crippen LogP contribution in [0.15, 0.2) is 0 Å². The molecule has 0 aromatic heterocycles. The van der Waals surface area contributed by atoms with Crippen molar-refractivity contribution in [3.63, 3.8) is 0 Å². The SMILES string of the molecule is O=C(C1[C@H]2CNC[C@@H]12)N1CCC1. The molecule has 1 amide bonds. The zero-order chi connectivity index (χ0) is 8.13. The highest BCUT2D eigenvalue weighted by molar-refractivity contribution is 5.83. The Morgan fingerprint density at radius 1 is 1.25 bits per heavy atom. The highest BCUT2D eigenvalue weighted by Gasteiger charge is 2.58. The molecule has 0 radical (unpaired) electrons. The maximum Gasteiger partial charge on any atom is 0.226 e. The second kappa shape index (κ2) is 2.22. The minimum atomic E-state index is 0.409. The number of rotatable bonds is 1. The van der Waals surface area contributed by atoms with Gasteiger partial charge in [-0.3, -0.25) is 4.79 Å². The molecule has 1 unspecified atom stereocenters. The lowest BCUT2D eigenvalue weighted by Gasteiger charge is -2.31. The van der Waals surface area contributed by atoms with Gasteiger partial charge in [-0.05, 0) is 31.3 Å². The quantitative estimate of drug-likeness (QED) is 0.579. The molecule has 0 bridgehead atoms. The third-order valence-electron chi connectivity index (χ3n) is 3.54. The smallest absolute Gasteiger partial charge is 0.226 e. The van der Waals surface area contributed by atoms with Crippen molar-refractivity contribution < 1.29 is 4.79 Å². The van der Waals surface area contributed by atoms with E-state index in [1.807, 2.05) is 4.90 Å². The molecule has 2 aliphatic heterocycles. The lowest BCUT2D eigenvalue weighted by atomic mass is 10.1. The third-order valence-corrected chi connectivity index (χ3v) is 3.54. The van der Waals surface area contributed by atoms with Gasteiger partial charge in [0.25, 0.3) is 0 Å². The molecular weight excluding hydrogens is 152 g/mol. The fourth-order valence-electron chi connectivity index (χ4n) is 2.53. The average Bonchev–Trinajstić information content (AvgIpc) is 2.42. The van der Waals surface area contributed by atoms with E-state index in [0.717, 1.165) is 26.2 Å². The van der Waals surface area contributed by atoms with Crippen LogP contribution >= 0.6 is 0 Å². The van der Waals surface area contributed by atoms with E-state index in [-0.39, 0.29) is 0 Å². The first-order chi connectivity index (χ1) is 5.88. The van der Waals surface area contributed by atoms with Crippen molar-refractivity contribution in [2.45, 2.75) is 6.42 Å². The largest absolute Gasteiger partial charge is 0.342 e. The fourth-order valence-corrected chi connectivity index (χ4v) is 2.53. The Morgan fingerprint density at radius 2 is 1.92 bits per heavy atom. The lowest BCUT2D eigenvalue weighted by Crippen LogP contribution is -2.44. The van der Waals surface area contributed by atoms with Crippen LogP contribution in [0, 0.1) is 17.8 Å². The summed E-state index contributed by atoms with van der Waals surface area (Å²) in [6.45, 7) is 4.19. The predicted molar refractivity (Wildman–Crippen MR) is 44.5 cm³/mol. The molecule has 3 aliphatic rings. The minimum Gasteiger partial charge on any atom is -0.342 e. The summed E-state index contributed by atoms with van der Waals surface area (Å²) in [6, 6.07) is 0. The van der Waals surface area contributed by atoms with E-state index in [2.05, 4.69) is 5.32 Å². The second-order valence-corrected chi connectivity index (χ2v) is 4.19. The molecule has 1 aliphatic carbocycles. The van der Waals surface area contributed by atoms with Gasteiger partial charge in [0.05, 0.1) is 0 Å². The summed E-state index contributed by atoms with van der Waals surface area (Å²) in [6.07, 6.45) is 1.21. The van der Waals surface area contributed by atoms with Crippen LogP contribution < -0.4 is 5.32 Å². The van der Waals surface area contributed by atoms with Crippen LogP contribution in [-0.2, 0) is 4.79 Å². The summed E-state index contributed by atoms with van der Waals surface area (Å²) in [5.74, 6) is 2.24. The summed E-state index contributed by atoms with van der Waals surface area (Å²) >= 11 is 0. The number of nitrogens with zero attached hydrogens (tertiary/aromatic N) is 1. The maximum absolute atomic E-state index is 11.7. The highest BCUT2D eigenvalue weighted by atomic mass is 16.2. The average molecular weight is 166 g/mol. The van der Waals surface area contributed by atoms with Crippen LogP contribution in [0.3, 0.4) is 0 Å². The molecule has 1 saturated carbocycles. The number of piperidine rings is 1. The molecule has 2 heterocycles. The third kappa shape index (κ3) is 0.774. The van der Waals surface area contributed by atoms with Crippen LogP contribution in [0.5, 0.6) is 0 Å². The molecule has 12 heavy (non-hydrogen) atoms. The molecule has 0 aromatic carbocycles. The van der Waals surface area contributed by atoms with E-state index in [1.165, 1.54) is 6.42 Å². The van der Waals surface area contributed by atoms with Crippen LogP contribution in [0.4, 0.5) is 0 Å². The van der Waals surface area contributed by atoms with E-state index < -0.39 is 0 Å². The number of hydrogen-bond acceptors (Lipinski definition) is 2. The van der Waals surface area contributed by atoms with E-state index in [1.54, 1.807) is 0 Å². The number of amides is 1. The summed E-state index contributed by atoms with van der Waals surface area (Å²) in [7, 11) is 0. The zero-order valence-corrected chi connectivity index (χ0v) is 7.12. The van der Waals surface area contributed by atoms with Gasteiger partial charge in [0.15, 0.2) is 0 Å². The Balaban J connectivity index is 1.64. The van der Waals surface area contributed by atoms with Gasteiger partial charge in [-0.15, -0.1) is 0 Å². The first kappa shape index (κ1) is 6.89. The molecule has 3 heteroatoms. The Kier molecular flexibility index (Phi) is 1.28. The number of carbonyl (C=O) groups excluding carboxylic acids is 1. The molecule has 66 valence electrons. The van der Waals surface area contributed by atoms with Gasteiger partial charge < -0.3 is 10.2 Å². The first-order valence-corrected chi connectivity index (χ1v) is 4.87. The van der Waals surface area contributed by atoms with Gasteiger partial charge in [0.2, 0.25) is 5.91 Å². The van der Waals surface area contributed by atoms with Crippen molar-refractivity contribution in [3.05, 3.63) is 0 Å². The van der Waals surface area contributed by atoms with Crippen molar-refractivity contribution in [2.75, 3.05) is 26.2 Å². The molecule has 3 fully saturated rings. The predicted octanol–water partition coefficient (Wildman–Crippen LogP) is -0.316. The van der Waals surface area contributed by atoms with Crippen LogP contribution in [0.1, 0.15) is 6.42 Å². The molecular formula is C9H14N2O. The van der Waals surface area contributed by atoms with E-state index >= 15 is 0 Å². The van der Waals surface area contributed by atoms with Gasteiger partial charge in [-0.2, -0.15) is 0 Å². The van der Waals surface area contributed by atoms with E-state index in [9.17, 15) is 4.79 Å². The number of fused-ring (bicyclic) bond motifs is 1. The van der Waals surface area contributed by atoms with Crippen LogP contribution in [0.25, 0.3) is 0 Å². The normalized spacial score (nSPS) is 43.7. The molecule has 3 atom stereocenters. The summed E-state index contributed by atoms with van der Waals surface area (Å²) in [4.78, 5) is 13.7. The summed E-state index contributed by atoms with van der Waals surface area (Å²) in [5, 5.41) is 3.31. The molecule has 0 aromatic rings. The number of carbonyl (C=O) groups is 1. The molecule has 1 N–H and O–H groups in total. The fraction of sp³-hybridized carbons (Fsp3) is 0.889. The molecule has 0 spiro atoms. The van der Waals surface area contributed by atoms with Crippen molar-refractivity contribution >= 4 is 5.91 Å². The van der Waals surface area contributed by atoms with Crippen LogP contribution in [-0.4, -0.2) is 37.0 Å². The van der Waals surface area contributed by atoms with Crippen molar-refractivity contribution in [2.24, 2.45) is 17.8 Å². The Hall–Kier alpha value is -0.570. The number of hydrogen-bond donors (Lipinski definition) is 1. The number of nitrogens with one attached hydrogen (secondary N) is 1. The standard InChI is InChI=1S/C9H14N2O/c12-9(11-2-1-3-11)8-6-4-10-5-7(6)8/h6-8,10H,1-5H2/t6-,7+,8?. The summed E-state index contributed by atoms with van der Waals surface area (Å²) in [5.41, 5.74) is 0. The Labute approximate surface area is 72.1 Å². The van der Waals surface area contributed by atoms with Gasteiger partial charge in [0.1, 0.15) is 0 Å². The minimum absolute atomic E-state index is 0.409. The Morgan fingerprint density at radius 3 is 2.42 bits per heavy atom. The van der Waals surface area contributed by atoms with Gasteiger partial charge >= 0.3 is 0 Å². The van der Waals surface area contributed by atoms with Crippen LogP contribution in [0.2, 0.25) is 0 Å². The van der Waals surface area contributed by atoms with Gasteiger partial charge in [-0.1, -0.05) is 0 Å². The summed E-state index contributed by atoms with van der Waals surface area (Å²) < 4.78 is 0. The highest BCUT2D eigenvalue weighted by Crippen LogP contribution is 2.49. The topological polar surface area (TPSA) is 32.3 Å². The van der Waals surface area contributed by atoms with E-state index in [0.29, 0.717) is 23.7 Å². The molecule has 2 saturated heterocycles. The Bertz CT molecular complexity index is 215. The van der Waals surface area contributed by atoms with E-state index in [4.69, 9.17) is 0 Å². The molecule has 3 nitrogen and oxygen atoms in total. The zero-order valence-electron chi connectivity index (χ0n) is 7.12. The number of likely N-dealkylation sites (tertiary alicyclic amines) is 1. The molecule has 3 rings (SSSR count). The van der Waals surface area contributed by atoms with Gasteiger partial charge in [0, 0.05) is 19.0 Å². The maximum atomic E-state index is 11.7. The van der Waals surface area contributed by atoms with Crippen molar-refractivity contribution in [1.29, 1.82) is 0 Å². The van der Waals surface area contributed by atoms with Crippen molar-refractivity contribution in [1.82, 2.24) is 10.2 Å². The second-order valence-electron chi connectivity index (χ2n) is 4.19. The monoisotopic (exact) mass is 166 g/mol. The van der Waals surface area contributed by atoms with Gasteiger partial charge in [-0.25, -0.2) is 0 Å². The lowest BCUT2D eigenvalue weighted by molar-refractivity contribution is -0.136. The van der Waals surface area contributed by atoms with Crippen molar-refractivity contribution in [3.8, 4) is 0 Å². The first-order valence-electron chi connectivity index (χ1n) is 4.87.